The summed E-state index contributed by atoms with van der Waals surface area (Å²) in [7, 11) is -4.03. The highest BCUT2D eigenvalue weighted by Gasteiger charge is 2.30. The molecule has 6 nitrogen and oxygen atoms in total. The normalized spacial score (nSPS) is 12.3. The molecule has 1 aromatic heterocycles. The molecule has 0 amide bonds. The van der Waals surface area contributed by atoms with Crippen molar-refractivity contribution in [2.45, 2.75) is 31.3 Å². The number of rotatable bonds is 6. The number of aryl methyl sites for hydroxylation is 2. The van der Waals surface area contributed by atoms with E-state index in [1.165, 1.54) is 6.20 Å². The number of nitrogens with one attached hydrogen (secondary N) is 1. The van der Waals surface area contributed by atoms with Crippen LogP contribution in [0, 0.1) is 6.92 Å². The SMILES string of the molecule is CCn1cc(S(=O)(=O)NCC(F)(F)CN)nc1C.Cl. The third-order valence-corrected chi connectivity index (χ3v) is 3.66. The zero-order valence-corrected chi connectivity index (χ0v) is 12.2. The van der Waals surface area contributed by atoms with Gasteiger partial charge < -0.3 is 10.3 Å². The minimum atomic E-state index is -4.03. The van der Waals surface area contributed by atoms with Gasteiger partial charge in [0.1, 0.15) is 5.82 Å². The number of sulfonamides is 1. The molecule has 1 aromatic rings. The van der Waals surface area contributed by atoms with E-state index in [-0.39, 0.29) is 17.4 Å². The Bertz CT molecular complexity index is 518. The Labute approximate surface area is 116 Å². The molecular weight excluding hydrogens is 302 g/mol. The minimum Gasteiger partial charge on any atom is -0.334 e. The molecule has 0 spiro atoms. The molecule has 0 aliphatic rings. The third kappa shape index (κ3) is 4.68. The Hall–Kier alpha value is -0.770. The van der Waals surface area contributed by atoms with Gasteiger partial charge in [-0.25, -0.2) is 26.9 Å². The number of alkyl halides is 2. The Morgan fingerprint density at radius 2 is 2.11 bits per heavy atom. The summed E-state index contributed by atoms with van der Waals surface area (Å²) in [6.45, 7) is 2.05. The fourth-order valence-electron chi connectivity index (χ4n) is 1.28. The van der Waals surface area contributed by atoms with Gasteiger partial charge in [-0.15, -0.1) is 12.4 Å². The number of aromatic nitrogens is 2. The highest BCUT2D eigenvalue weighted by atomic mass is 35.5. The van der Waals surface area contributed by atoms with Gasteiger partial charge in [-0.3, -0.25) is 0 Å². The van der Waals surface area contributed by atoms with Crippen molar-refractivity contribution in [3.63, 3.8) is 0 Å². The second-order valence-corrected chi connectivity index (χ2v) is 5.51. The number of nitrogens with two attached hydrogens (primary N) is 1. The van der Waals surface area contributed by atoms with Gasteiger partial charge in [-0.1, -0.05) is 0 Å². The molecule has 1 rings (SSSR count). The monoisotopic (exact) mass is 318 g/mol. The van der Waals surface area contributed by atoms with E-state index in [0.29, 0.717) is 12.4 Å². The maximum atomic E-state index is 12.9. The number of imidazole rings is 1. The van der Waals surface area contributed by atoms with Crippen molar-refractivity contribution in [1.82, 2.24) is 14.3 Å². The molecule has 10 heteroatoms. The Morgan fingerprint density at radius 1 is 1.53 bits per heavy atom. The van der Waals surface area contributed by atoms with Gasteiger partial charge in [0.15, 0.2) is 5.03 Å². The van der Waals surface area contributed by atoms with E-state index in [1.54, 1.807) is 16.2 Å². The van der Waals surface area contributed by atoms with Crippen LogP contribution in [0.2, 0.25) is 0 Å². The van der Waals surface area contributed by atoms with Crippen molar-refractivity contribution >= 4 is 22.4 Å². The minimum absolute atomic E-state index is 0. The first-order valence-corrected chi connectivity index (χ1v) is 6.81. The highest BCUT2D eigenvalue weighted by molar-refractivity contribution is 7.89. The first-order valence-electron chi connectivity index (χ1n) is 5.33. The molecule has 112 valence electrons. The third-order valence-electron chi connectivity index (χ3n) is 2.39. The molecule has 0 aliphatic heterocycles. The molecule has 0 atom stereocenters. The van der Waals surface area contributed by atoms with E-state index >= 15 is 0 Å². The zero-order valence-electron chi connectivity index (χ0n) is 10.6. The first kappa shape index (κ1) is 18.2. The van der Waals surface area contributed by atoms with Crippen LogP contribution in [0.25, 0.3) is 0 Å². The number of hydrogen-bond donors (Lipinski definition) is 2. The Morgan fingerprint density at radius 3 is 2.53 bits per heavy atom. The number of nitrogens with zero attached hydrogens (tertiary/aromatic N) is 2. The summed E-state index contributed by atoms with van der Waals surface area (Å²) in [5.41, 5.74) is 4.82. The van der Waals surface area contributed by atoms with Crippen molar-refractivity contribution in [2.75, 3.05) is 13.1 Å². The molecule has 0 radical (unpaired) electrons. The van der Waals surface area contributed by atoms with Gasteiger partial charge in [0.05, 0.1) is 13.1 Å². The van der Waals surface area contributed by atoms with E-state index in [9.17, 15) is 17.2 Å². The van der Waals surface area contributed by atoms with Crippen molar-refractivity contribution in [3.05, 3.63) is 12.0 Å². The number of hydrogen-bond acceptors (Lipinski definition) is 4. The molecule has 0 unspecified atom stereocenters. The van der Waals surface area contributed by atoms with Crippen molar-refractivity contribution in [1.29, 1.82) is 0 Å². The first-order chi connectivity index (χ1) is 8.22. The largest absolute Gasteiger partial charge is 0.334 e. The molecule has 0 fully saturated rings. The van der Waals surface area contributed by atoms with E-state index in [0.717, 1.165) is 0 Å². The molecule has 19 heavy (non-hydrogen) atoms. The van der Waals surface area contributed by atoms with Gasteiger partial charge >= 0.3 is 0 Å². The summed E-state index contributed by atoms with van der Waals surface area (Å²) in [5.74, 6) is -2.77. The van der Waals surface area contributed by atoms with Crippen LogP contribution in [0.15, 0.2) is 11.2 Å². The van der Waals surface area contributed by atoms with Crippen molar-refractivity contribution in [2.24, 2.45) is 5.73 Å². The standard InChI is InChI=1S/C9H16F2N4O2S.ClH/c1-3-15-4-8(14-7(15)2)18(16,17)13-6-9(10,11)5-12;/h4,13H,3,5-6,12H2,1-2H3;1H. The second-order valence-electron chi connectivity index (χ2n) is 3.80. The summed E-state index contributed by atoms with van der Waals surface area (Å²) in [4.78, 5) is 3.82. The predicted molar refractivity (Wildman–Crippen MR) is 69.1 cm³/mol. The smallest absolute Gasteiger partial charge is 0.273 e. The Kier molecular flexibility index (Phi) is 6.33. The lowest BCUT2D eigenvalue weighted by molar-refractivity contribution is 0.0170. The van der Waals surface area contributed by atoms with E-state index in [2.05, 4.69) is 4.98 Å². The van der Waals surface area contributed by atoms with E-state index in [1.807, 2.05) is 6.92 Å². The van der Waals surface area contributed by atoms with Gasteiger partial charge in [0.2, 0.25) is 0 Å². The lowest BCUT2D eigenvalue weighted by atomic mass is 10.3. The maximum absolute atomic E-state index is 12.9. The molecule has 0 aliphatic carbocycles. The average Bonchev–Trinajstić information content (AvgIpc) is 2.69. The Balaban J connectivity index is 0.00000324. The fourth-order valence-corrected chi connectivity index (χ4v) is 2.34. The van der Waals surface area contributed by atoms with Crippen LogP contribution < -0.4 is 10.5 Å². The van der Waals surface area contributed by atoms with Crippen molar-refractivity contribution < 1.29 is 17.2 Å². The summed E-state index contributed by atoms with van der Waals surface area (Å²) in [6.07, 6.45) is 1.30. The van der Waals surface area contributed by atoms with Crippen LogP contribution in [0.1, 0.15) is 12.7 Å². The molecule has 0 bridgehead atoms. The summed E-state index contributed by atoms with van der Waals surface area (Å²) < 4.78 is 52.6. The van der Waals surface area contributed by atoms with Crippen molar-refractivity contribution in [3.8, 4) is 0 Å². The number of halogens is 3. The molecule has 0 saturated carbocycles. The zero-order chi connectivity index (χ0) is 14.0. The van der Waals surface area contributed by atoms with Crippen LogP contribution in [-0.4, -0.2) is 37.0 Å². The highest BCUT2D eigenvalue weighted by Crippen LogP contribution is 2.13. The predicted octanol–water partition coefficient (Wildman–Crippen LogP) is 0.506. The van der Waals surface area contributed by atoms with E-state index in [4.69, 9.17) is 5.73 Å². The fraction of sp³-hybridized carbons (Fsp3) is 0.667. The summed E-state index contributed by atoms with van der Waals surface area (Å²) >= 11 is 0. The lowest BCUT2D eigenvalue weighted by Crippen LogP contribution is -2.41. The van der Waals surface area contributed by atoms with Crippen LogP contribution in [0.3, 0.4) is 0 Å². The topological polar surface area (TPSA) is 90.0 Å². The van der Waals surface area contributed by atoms with Gasteiger partial charge in [0, 0.05) is 12.7 Å². The molecular formula is C9H17ClF2N4O2S. The van der Waals surface area contributed by atoms with Crippen LogP contribution in [0.5, 0.6) is 0 Å². The van der Waals surface area contributed by atoms with Gasteiger partial charge in [0.25, 0.3) is 15.9 Å². The van der Waals surface area contributed by atoms with Crippen LogP contribution in [-0.2, 0) is 16.6 Å². The van der Waals surface area contributed by atoms with Gasteiger partial charge in [-0.2, -0.15) is 0 Å². The molecule has 0 aromatic carbocycles. The van der Waals surface area contributed by atoms with Crippen LogP contribution in [0.4, 0.5) is 8.78 Å². The lowest BCUT2D eigenvalue weighted by Gasteiger charge is -2.13. The second kappa shape index (κ2) is 6.60. The van der Waals surface area contributed by atoms with E-state index < -0.39 is 29.0 Å². The maximum Gasteiger partial charge on any atom is 0.273 e. The van der Waals surface area contributed by atoms with Crippen LogP contribution >= 0.6 is 12.4 Å². The summed E-state index contributed by atoms with van der Waals surface area (Å²) in [5, 5.41) is -0.269. The average molecular weight is 319 g/mol. The van der Waals surface area contributed by atoms with Gasteiger partial charge in [-0.05, 0) is 13.8 Å². The molecule has 0 saturated heterocycles. The molecule has 1 heterocycles. The summed E-state index contributed by atoms with van der Waals surface area (Å²) in [6, 6.07) is 0. The quantitative estimate of drug-likeness (QED) is 0.799. The molecule has 3 N–H and O–H groups in total.